The summed E-state index contributed by atoms with van der Waals surface area (Å²) in [6.45, 7) is 3.93. The van der Waals surface area contributed by atoms with Crippen LogP contribution in [0.4, 0.5) is 19.0 Å². The topological polar surface area (TPSA) is 36.4 Å². The van der Waals surface area contributed by atoms with Crippen molar-refractivity contribution >= 4 is 23.1 Å². The first-order valence-corrected chi connectivity index (χ1v) is 9.71. The number of anilines is 1. The highest BCUT2D eigenvalue weighted by molar-refractivity contribution is 7.12. The van der Waals surface area contributed by atoms with Crippen LogP contribution in [0.15, 0.2) is 29.8 Å². The third kappa shape index (κ3) is 4.80. The molecule has 0 N–H and O–H groups in total. The molecule has 2 aromatic rings. The summed E-state index contributed by atoms with van der Waals surface area (Å²) in [7, 11) is 1.76. The first kappa shape index (κ1) is 19.7. The summed E-state index contributed by atoms with van der Waals surface area (Å²) in [6.07, 6.45) is -1.51. The highest BCUT2D eigenvalue weighted by Gasteiger charge is 2.31. The van der Waals surface area contributed by atoms with Crippen LogP contribution in [0.1, 0.15) is 33.6 Å². The standard InChI is InChI=1S/C19H22F3N3OS/c1-13-9-16(27-12-13)18(26)25-7-4-14(5-8-25)11-24(2)17-10-15(3-6-23-17)19(20,21)22/h3,6,9-10,12,14H,4-5,7-8,11H2,1-2H3. The number of pyridine rings is 1. The van der Waals surface area contributed by atoms with Gasteiger partial charge in [0.15, 0.2) is 0 Å². The van der Waals surface area contributed by atoms with Gasteiger partial charge in [0.05, 0.1) is 10.4 Å². The van der Waals surface area contributed by atoms with E-state index in [2.05, 4.69) is 4.98 Å². The first-order valence-electron chi connectivity index (χ1n) is 8.83. The molecule has 1 fully saturated rings. The highest BCUT2D eigenvalue weighted by Crippen LogP contribution is 2.31. The average molecular weight is 397 g/mol. The first-order chi connectivity index (χ1) is 12.7. The number of aryl methyl sites for hydroxylation is 1. The molecule has 1 amide bonds. The van der Waals surface area contributed by atoms with Crippen LogP contribution >= 0.6 is 11.3 Å². The second-order valence-electron chi connectivity index (χ2n) is 7.00. The summed E-state index contributed by atoms with van der Waals surface area (Å²) in [5, 5.41) is 1.97. The number of aromatic nitrogens is 1. The molecule has 1 aliphatic rings. The SMILES string of the molecule is Cc1csc(C(=O)N2CCC(CN(C)c3cc(C(F)(F)F)ccn3)CC2)c1. The van der Waals surface area contributed by atoms with Crippen LogP contribution in [-0.4, -0.2) is 42.5 Å². The zero-order chi connectivity index (χ0) is 19.6. The zero-order valence-corrected chi connectivity index (χ0v) is 16.1. The van der Waals surface area contributed by atoms with Crippen molar-refractivity contribution in [3.8, 4) is 0 Å². The van der Waals surface area contributed by atoms with Crippen molar-refractivity contribution in [2.75, 3.05) is 31.6 Å². The minimum atomic E-state index is -4.37. The Morgan fingerprint density at radius 3 is 2.63 bits per heavy atom. The van der Waals surface area contributed by atoms with Gasteiger partial charge in [-0.1, -0.05) is 0 Å². The highest BCUT2D eigenvalue weighted by atomic mass is 32.1. The number of rotatable bonds is 4. The van der Waals surface area contributed by atoms with Gasteiger partial charge in [-0.2, -0.15) is 13.2 Å². The van der Waals surface area contributed by atoms with Crippen molar-refractivity contribution in [1.82, 2.24) is 9.88 Å². The van der Waals surface area contributed by atoms with Gasteiger partial charge in [-0.3, -0.25) is 4.79 Å². The molecular formula is C19H22F3N3OS. The van der Waals surface area contributed by atoms with Crippen LogP contribution in [0.25, 0.3) is 0 Å². The van der Waals surface area contributed by atoms with Crippen LogP contribution in [0.3, 0.4) is 0 Å². The molecule has 0 saturated carbocycles. The van der Waals surface area contributed by atoms with E-state index < -0.39 is 11.7 Å². The molecule has 0 atom stereocenters. The van der Waals surface area contributed by atoms with E-state index in [1.54, 1.807) is 11.9 Å². The number of amides is 1. The predicted molar refractivity (Wildman–Crippen MR) is 100 cm³/mol. The molecule has 3 rings (SSSR count). The van der Waals surface area contributed by atoms with E-state index in [9.17, 15) is 18.0 Å². The number of thiophene rings is 1. The van der Waals surface area contributed by atoms with Crippen LogP contribution in [0, 0.1) is 12.8 Å². The summed E-state index contributed by atoms with van der Waals surface area (Å²) in [6, 6.07) is 3.97. The number of likely N-dealkylation sites (tertiary alicyclic amines) is 1. The Morgan fingerprint density at radius 1 is 1.33 bits per heavy atom. The maximum atomic E-state index is 12.9. The third-order valence-electron chi connectivity index (χ3n) is 4.84. The van der Waals surface area contributed by atoms with Crippen molar-refractivity contribution in [2.24, 2.45) is 5.92 Å². The predicted octanol–water partition coefficient (Wildman–Crippen LogP) is 4.46. The Balaban J connectivity index is 1.55. The molecule has 1 aliphatic heterocycles. The fraction of sp³-hybridized carbons (Fsp3) is 0.474. The van der Waals surface area contributed by atoms with Gasteiger partial charge in [-0.25, -0.2) is 4.98 Å². The van der Waals surface area contributed by atoms with E-state index in [0.717, 1.165) is 35.4 Å². The van der Waals surface area contributed by atoms with E-state index in [-0.39, 0.29) is 5.91 Å². The maximum Gasteiger partial charge on any atom is 0.416 e. The average Bonchev–Trinajstić information content (AvgIpc) is 3.07. The van der Waals surface area contributed by atoms with Gasteiger partial charge >= 0.3 is 6.18 Å². The Bertz CT molecular complexity index is 797. The smallest absolute Gasteiger partial charge is 0.359 e. The second kappa shape index (κ2) is 7.88. The fourth-order valence-electron chi connectivity index (χ4n) is 3.30. The maximum absolute atomic E-state index is 12.9. The molecule has 0 aromatic carbocycles. The Kier molecular flexibility index (Phi) is 5.74. The van der Waals surface area contributed by atoms with E-state index in [0.29, 0.717) is 31.4 Å². The fourth-order valence-corrected chi connectivity index (χ4v) is 4.17. The van der Waals surface area contributed by atoms with E-state index >= 15 is 0 Å². The molecule has 0 spiro atoms. The second-order valence-corrected chi connectivity index (χ2v) is 7.92. The lowest BCUT2D eigenvalue weighted by molar-refractivity contribution is -0.137. The zero-order valence-electron chi connectivity index (χ0n) is 15.3. The number of hydrogen-bond donors (Lipinski definition) is 0. The van der Waals surface area contributed by atoms with Crippen LogP contribution in [0.5, 0.6) is 0 Å². The molecule has 1 saturated heterocycles. The summed E-state index contributed by atoms with van der Waals surface area (Å²) < 4.78 is 38.6. The molecule has 27 heavy (non-hydrogen) atoms. The quantitative estimate of drug-likeness (QED) is 0.764. The molecule has 2 aromatic heterocycles. The Morgan fingerprint density at radius 2 is 2.04 bits per heavy atom. The molecule has 0 unspecified atom stereocenters. The molecule has 3 heterocycles. The van der Waals surface area contributed by atoms with Gasteiger partial charge < -0.3 is 9.80 Å². The number of nitrogens with zero attached hydrogens (tertiary/aromatic N) is 3. The summed E-state index contributed by atoms with van der Waals surface area (Å²) in [4.78, 5) is 21.0. The molecule has 0 radical (unpaired) electrons. The molecular weight excluding hydrogens is 375 g/mol. The minimum absolute atomic E-state index is 0.0689. The summed E-state index contributed by atoms with van der Waals surface area (Å²) in [5.74, 6) is 0.706. The van der Waals surface area contributed by atoms with Crippen molar-refractivity contribution in [1.29, 1.82) is 0 Å². The van der Waals surface area contributed by atoms with Crippen molar-refractivity contribution in [3.05, 3.63) is 45.8 Å². The minimum Gasteiger partial charge on any atom is -0.359 e. The van der Waals surface area contributed by atoms with Crippen molar-refractivity contribution < 1.29 is 18.0 Å². The van der Waals surface area contributed by atoms with E-state index in [1.807, 2.05) is 23.3 Å². The number of alkyl halides is 3. The normalized spacial score (nSPS) is 15.8. The van der Waals surface area contributed by atoms with Crippen molar-refractivity contribution in [3.63, 3.8) is 0 Å². The molecule has 4 nitrogen and oxygen atoms in total. The number of halogens is 3. The van der Waals surface area contributed by atoms with Gasteiger partial charge in [-0.05, 0) is 54.8 Å². The lowest BCUT2D eigenvalue weighted by Gasteiger charge is -2.34. The van der Waals surface area contributed by atoms with E-state index in [1.165, 1.54) is 17.5 Å². The van der Waals surface area contributed by atoms with Gasteiger partial charge in [0.1, 0.15) is 5.82 Å². The lowest BCUT2D eigenvalue weighted by Crippen LogP contribution is -2.41. The van der Waals surface area contributed by atoms with E-state index in [4.69, 9.17) is 0 Å². The van der Waals surface area contributed by atoms with Crippen LogP contribution in [-0.2, 0) is 6.18 Å². The number of carbonyl (C=O) groups is 1. The van der Waals surface area contributed by atoms with Gasteiger partial charge in [0.2, 0.25) is 0 Å². The Labute approximate surface area is 160 Å². The Hall–Kier alpha value is -2.09. The van der Waals surface area contributed by atoms with Gasteiger partial charge in [0, 0.05) is 32.9 Å². The van der Waals surface area contributed by atoms with Gasteiger partial charge in [-0.15, -0.1) is 11.3 Å². The number of hydrogen-bond acceptors (Lipinski definition) is 4. The summed E-state index contributed by atoms with van der Waals surface area (Å²) >= 11 is 1.46. The molecule has 146 valence electrons. The molecule has 0 aliphatic carbocycles. The lowest BCUT2D eigenvalue weighted by atomic mass is 9.96. The number of piperidine rings is 1. The molecule has 8 heteroatoms. The number of carbonyl (C=O) groups excluding carboxylic acids is 1. The van der Waals surface area contributed by atoms with Crippen LogP contribution in [0.2, 0.25) is 0 Å². The largest absolute Gasteiger partial charge is 0.416 e. The molecule has 0 bridgehead atoms. The summed E-state index contributed by atoms with van der Waals surface area (Å²) in [5.41, 5.74) is 0.402. The third-order valence-corrected chi connectivity index (χ3v) is 5.88. The van der Waals surface area contributed by atoms with Gasteiger partial charge in [0.25, 0.3) is 5.91 Å². The van der Waals surface area contributed by atoms with Crippen LogP contribution < -0.4 is 4.90 Å². The monoisotopic (exact) mass is 397 g/mol. The van der Waals surface area contributed by atoms with Crippen molar-refractivity contribution in [2.45, 2.75) is 25.9 Å².